The first-order valence-corrected chi connectivity index (χ1v) is 14.4. The minimum atomic E-state index is -1.30. The van der Waals surface area contributed by atoms with Gasteiger partial charge in [0.2, 0.25) is 5.88 Å². The van der Waals surface area contributed by atoms with Crippen molar-refractivity contribution in [2.24, 2.45) is 5.92 Å². The molecule has 2 saturated heterocycles. The summed E-state index contributed by atoms with van der Waals surface area (Å²) in [6.07, 6.45) is 1.39. The molecule has 2 bridgehead atoms. The number of fused-ring (bicyclic) bond motifs is 2. The van der Waals surface area contributed by atoms with Crippen LogP contribution in [-0.2, 0) is 24.3 Å². The van der Waals surface area contributed by atoms with Crippen molar-refractivity contribution in [3.05, 3.63) is 112 Å². The summed E-state index contributed by atoms with van der Waals surface area (Å²) >= 11 is 0. The molecule has 3 aliphatic rings. The maximum Gasteiger partial charge on any atom is 0.335 e. The number of pyridine rings is 1. The number of carbonyl (C=O) groups is 1. The zero-order chi connectivity index (χ0) is 32.2. The normalized spacial score (nSPS) is 18.4. The molecule has 3 aromatic carbocycles. The lowest BCUT2D eigenvalue weighted by Crippen LogP contribution is -2.41. The molecule has 4 heterocycles. The average Bonchev–Trinajstić information content (AvgIpc) is 3.72. The Morgan fingerprint density at radius 3 is 2.52 bits per heavy atom. The molecule has 232 valence electrons. The van der Waals surface area contributed by atoms with Crippen molar-refractivity contribution >= 4 is 17.0 Å². The zero-order valence-electron chi connectivity index (χ0n) is 24.1. The molecule has 1 aliphatic carbocycles. The highest BCUT2D eigenvalue weighted by Gasteiger charge is 2.52. The smallest absolute Gasteiger partial charge is 0.335 e. The number of nitrogens with zero attached hydrogens (tertiary/aromatic N) is 4. The quantitative estimate of drug-likeness (QED) is 0.184. The van der Waals surface area contributed by atoms with E-state index in [4.69, 9.17) is 14.7 Å². The largest absolute Gasteiger partial charge is 0.478 e. The van der Waals surface area contributed by atoms with Crippen molar-refractivity contribution in [1.29, 1.82) is 5.26 Å². The number of hydrogen-bond acceptors (Lipinski definition) is 6. The van der Waals surface area contributed by atoms with E-state index in [9.17, 15) is 14.3 Å². The standard InChI is InChI=1S/C34H24F4N4O4/c35-24-6-18(14-39)4-5-20(24)16-45-31-3-1-2-28(40-31)23-11-25(36)21(7-26(23)37)10-30-41-32-27(38)8-22(33(43)44)9-29(32)42(30)17-34-12-19(13-34)15-46-34/h1-9,11,19H,10,12-13,15-17H2,(H,43,44). The number of carboxylic acid groups (broad SMARTS) is 1. The van der Waals surface area contributed by atoms with Gasteiger partial charge in [-0.1, -0.05) is 12.1 Å². The molecular formula is C34H24F4N4O4. The van der Waals surface area contributed by atoms with Crippen LogP contribution in [0, 0.1) is 40.5 Å². The van der Waals surface area contributed by atoms with E-state index >= 15 is 13.2 Å². The van der Waals surface area contributed by atoms with E-state index < -0.39 is 34.8 Å². The monoisotopic (exact) mass is 628 g/mol. The first kappa shape index (κ1) is 29.4. The second kappa shape index (κ2) is 11.3. The van der Waals surface area contributed by atoms with Gasteiger partial charge in [0.1, 0.15) is 35.4 Å². The molecule has 1 saturated carbocycles. The van der Waals surface area contributed by atoms with Crippen molar-refractivity contribution in [1.82, 2.24) is 14.5 Å². The van der Waals surface area contributed by atoms with Crippen molar-refractivity contribution in [3.63, 3.8) is 0 Å². The molecule has 0 unspecified atom stereocenters. The Morgan fingerprint density at radius 1 is 1.00 bits per heavy atom. The Hall–Kier alpha value is -5.28. The highest BCUT2D eigenvalue weighted by atomic mass is 19.1. The van der Waals surface area contributed by atoms with Crippen LogP contribution < -0.4 is 4.74 Å². The van der Waals surface area contributed by atoms with E-state index in [0.29, 0.717) is 12.5 Å². The van der Waals surface area contributed by atoms with Gasteiger partial charge in [0, 0.05) is 23.6 Å². The molecule has 0 spiro atoms. The van der Waals surface area contributed by atoms with Crippen LogP contribution in [0.25, 0.3) is 22.3 Å². The Kier molecular flexibility index (Phi) is 7.21. The average molecular weight is 629 g/mol. The summed E-state index contributed by atoms with van der Waals surface area (Å²) in [5.41, 5.74) is -0.333. The lowest BCUT2D eigenvalue weighted by atomic mass is 9.74. The van der Waals surface area contributed by atoms with Gasteiger partial charge in [0.25, 0.3) is 0 Å². The molecule has 5 aromatic rings. The number of nitriles is 1. The SMILES string of the molecule is N#Cc1ccc(COc2cccc(-c3cc(F)c(Cc4nc5c(F)cc(C(=O)O)cc5n4CC45CC(CO4)C5)cc3F)n2)c(F)c1. The van der Waals surface area contributed by atoms with Crippen LogP contribution in [0.4, 0.5) is 17.6 Å². The van der Waals surface area contributed by atoms with Crippen molar-refractivity contribution in [2.45, 2.75) is 38.0 Å². The summed E-state index contributed by atoms with van der Waals surface area (Å²) in [7, 11) is 0. The van der Waals surface area contributed by atoms with Gasteiger partial charge in [-0.15, -0.1) is 0 Å². The summed E-state index contributed by atoms with van der Waals surface area (Å²) in [6, 6.07) is 14.6. The van der Waals surface area contributed by atoms with E-state index in [1.165, 1.54) is 36.4 Å². The van der Waals surface area contributed by atoms with Gasteiger partial charge in [-0.25, -0.2) is 32.3 Å². The summed E-state index contributed by atoms with van der Waals surface area (Å²) in [5.74, 6) is -3.57. The number of ether oxygens (including phenoxy) is 2. The molecule has 12 heteroatoms. The predicted molar refractivity (Wildman–Crippen MR) is 156 cm³/mol. The summed E-state index contributed by atoms with van der Waals surface area (Å²) in [5, 5.41) is 18.4. The van der Waals surface area contributed by atoms with Crippen LogP contribution in [0.2, 0.25) is 0 Å². The van der Waals surface area contributed by atoms with Crippen molar-refractivity contribution in [2.75, 3.05) is 6.61 Å². The summed E-state index contributed by atoms with van der Waals surface area (Å²) in [4.78, 5) is 20.3. The van der Waals surface area contributed by atoms with Crippen molar-refractivity contribution in [3.8, 4) is 23.2 Å². The van der Waals surface area contributed by atoms with Crippen LogP contribution in [0.3, 0.4) is 0 Å². The number of rotatable bonds is 9. The number of aromatic carboxylic acids is 1. The first-order valence-electron chi connectivity index (χ1n) is 14.4. The molecule has 1 N–H and O–H groups in total. The number of benzene rings is 3. The third-order valence-corrected chi connectivity index (χ3v) is 8.57. The third kappa shape index (κ3) is 5.32. The molecule has 2 aliphatic heterocycles. The molecule has 0 atom stereocenters. The molecule has 3 fully saturated rings. The maximum atomic E-state index is 15.6. The van der Waals surface area contributed by atoms with Gasteiger partial charge in [-0.2, -0.15) is 5.26 Å². The predicted octanol–water partition coefficient (Wildman–Crippen LogP) is 6.57. The van der Waals surface area contributed by atoms with Crippen LogP contribution >= 0.6 is 0 Å². The number of halogens is 4. The lowest BCUT2D eigenvalue weighted by Gasteiger charge is -2.36. The molecule has 8 nitrogen and oxygen atoms in total. The molecule has 8 rings (SSSR count). The molecule has 46 heavy (non-hydrogen) atoms. The van der Waals surface area contributed by atoms with Gasteiger partial charge in [0.15, 0.2) is 5.82 Å². The van der Waals surface area contributed by atoms with E-state index in [1.54, 1.807) is 4.57 Å². The zero-order valence-corrected chi connectivity index (χ0v) is 24.1. The van der Waals surface area contributed by atoms with Crippen LogP contribution in [-0.4, -0.2) is 37.8 Å². The van der Waals surface area contributed by atoms with E-state index in [0.717, 1.165) is 37.1 Å². The number of hydrogen-bond donors (Lipinski definition) is 1. The Labute approximate surface area is 259 Å². The third-order valence-electron chi connectivity index (χ3n) is 8.57. The van der Waals surface area contributed by atoms with E-state index in [-0.39, 0.29) is 75.8 Å². The van der Waals surface area contributed by atoms with Crippen LogP contribution in [0.15, 0.2) is 60.7 Å². The molecule has 0 radical (unpaired) electrons. The second-order valence-corrected chi connectivity index (χ2v) is 11.7. The minimum absolute atomic E-state index is 0.0447. The summed E-state index contributed by atoms with van der Waals surface area (Å²) in [6.45, 7) is 0.667. The summed E-state index contributed by atoms with van der Waals surface area (Å²) < 4.78 is 73.6. The van der Waals surface area contributed by atoms with Crippen LogP contribution in [0.1, 0.15) is 45.7 Å². The fourth-order valence-electron chi connectivity index (χ4n) is 6.27. The van der Waals surface area contributed by atoms with Gasteiger partial charge >= 0.3 is 5.97 Å². The van der Waals surface area contributed by atoms with Gasteiger partial charge in [-0.05, 0) is 66.8 Å². The Bertz CT molecular complexity index is 2080. The fourth-order valence-corrected chi connectivity index (χ4v) is 6.27. The van der Waals surface area contributed by atoms with Crippen LogP contribution in [0.5, 0.6) is 5.88 Å². The molecule has 0 amide bonds. The Morgan fingerprint density at radius 2 is 1.80 bits per heavy atom. The fraction of sp³-hybridized carbons (Fsp3) is 0.235. The van der Waals surface area contributed by atoms with Crippen molar-refractivity contribution < 1.29 is 36.9 Å². The van der Waals surface area contributed by atoms with E-state index in [2.05, 4.69) is 9.97 Å². The highest BCUT2D eigenvalue weighted by Crippen LogP contribution is 2.49. The Balaban J connectivity index is 1.18. The topological polar surface area (TPSA) is 110 Å². The first-order chi connectivity index (χ1) is 22.1. The van der Waals surface area contributed by atoms with Gasteiger partial charge in [0.05, 0.1) is 47.2 Å². The van der Waals surface area contributed by atoms with Gasteiger partial charge in [-0.3, -0.25) is 0 Å². The second-order valence-electron chi connectivity index (χ2n) is 11.7. The number of aromatic nitrogens is 3. The number of carboxylic acids is 1. The molecule has 2 aromatic heterocycles. The van der Waals surface area contributed by atoms with E-state index in [1.807, 2.05) is 6.07 Å². The lowest BCUT2D eigenvalue weighted by molar-refractivity contribution is -0.0132. The minimum Gasteiger partial charge on any atom is -0.478 e. The van der Waals surface area contributed by atoms with Gasteiger partial charge < -0.3 is 19.1 Å². The maximum absolute atomic E-state index is 15.6. The highest BCUT2D eigenvalue weighted by molar-refractivity contribution is 5.92. The number of imidazole rings is 1. The molecular weight excluding hydrogens is 604 g/mol.